The molecule has 1 amide bonds. The molecule has 0 aliphatic carbocycles. The molecule has 0 aromatic heterocycles. The largest absolute Gasteiger partial charge is 0.381 e. The van der Waals surface area contributed by atoms with Crippen LogP contribution in [0.5, 0.6) is 0 Å². The minimum Gasteiger partial charge on any atom is -0.381 e. The summed E-state index contributed by atoms with van der Waals surface area (Å²) in [5, 5.41) is 12.5. The van der Waals surface area contributed by atoms with Crippen LogP contribution >= 0.6 is 11.6 Å². The summed E-state index contributed by atoms with van der Waals surface area (Å²) >= 11 is 6.08. The predicted octanol–water partition coefficient (Wildman–Crippen LogP) is 2.56. The molecule has 5 heteroatoms. The maximum Gasteiger partial charge on any atom is 0.224 e. The second-order valence-electron chi connectivity index (χ2n) is 5.06. The maximum absolute atomic E-state index is 12.1. The van der Waals surface area contributed by atoms with Gasteiger partial charge in [0.15, 0.2) is 0 Å². The molecule has 0 unspecified atom stereocenters. The van der Waals surface area contributed by atoms with Crippen LogP contribution in [0.3, 0.4) is 0 Å². The molecule has 0 heterocycles. The van der Waals surface area contributed by atoms with Crippen molar-refractivity contribution in [1.82, 2.24) is 5.32 Å². The van der Waals surface area contributed by atoms with Crippen molar-refractivity contribution < 1.29 is 9.53 Å². The predicted molar refractivity (Wildman–Crippen MR) is 78.4 cm³/mol. The van der Waals surface area contributed by atoms with Crippen LogP contribution < -0.4 is 5.32 Å². The van der Waals surface area contributed by atoms with Gasteiger partial charge in [-0.05, 0) is 25.0 Å². The third-order valence-corrected chi connectivity index (χ3v) is 3.38. The van der Waals surface area contributed by atoms with Gasteiger partial charge in [0.1, 0.15) is 5.54 Å². The number of nitrogens with zero attached hydrogens (tertiary/aromatic N) is 1. The standard InChI is InChI=1S/C15H19ClN2O2/c1-11(8-12-6-4-5-7-13(12)16)14(19)18-15(2,9-17)10-20-3/h4-7,11H,8,10H2,1-3H3,(H,18,19)/t11-,15-/m1/s1. The fourth-order valence-electron chi connectivity index (χ4n) is 1.87. The molecule has 0 saturated heterocycles. The lowest BCUT2D eigenvalue weighted by molar-refractivity contribution is -0.126. The van der Waals surface area contributed by atoms with Crippen molar-refractivity contribution >= 4 is 17.5 Å². The molecule has 0 saturated carbocycles. The van der Waals surface area contributed by atoms with Crippen molar-refractivity contribution in [3.8, 4) is 6.07 Å². The first-order valence-electron chi connectivity index (χ1n) is 6.37. The number of ether oxygens (including phenoxy) is 1. The van der Waals surface area contributed by atoms with Gasteiger partial charge in [0.25, 0.3) is 0 Å². The molecule has 0 spiro atoms. The Bertz CT molecular complexity index is 513. The first kappa shape index (κ1) is 16.5. The Labute approximate surface area is 124 Å². The molecule has 0 aliphatic rings. The number of carbonyl (C=O) groups is 1. The third-order valence-electron chi connectivity index (χ3n) is 3.01. The Hall–Kier alpha value is -1.57. The van der Waals surface area contributed by atoms with Gasteiger partial charge in [0.05, 0.1) is 12.7 Å². The summed E-state index contributed by atoms with van der Waals surface area (Å²) in [6, 6.07) is 9.48. The van der Waals surface area contributed by atoms with Gasteiger partial charge in [-0.3, -0.25) is 4.79 Å². The summed E-state index contributed by atoms with van der Waals surface area (Å²) < 4.78 is 4.96. The quantitative estimate of drug-likeness (QED) is 0.877. The zero-order valence-electron chi connectivity index (χ0n) is 11.9. The molecular formula is C15H19ClN2O2. The minimum absolute atomic E-state index is 0.147. The van der Waals surface area contributed by atoms with Crippen LogP contribution in [0.4, 0.5) is 0 Å². The normalized spacial score (nSPS) is 14.9. The van der Waals surface area contributed by atoms with Gasteiger partial charge in [0, 0.05) is 18.1 Å². The van der Waals surface area contributed by atoms with E-state index in [2.05, 4.69) is 11.4 Å². The van der Waals surface area contributed by atoms with Crippen LogP contribution in [-0.2, 0) is 16.0 Å². The second kappa shape index (κ2) is 7.28. The minimum atomic E-state index is -1.01. The number of benzene rings is 1. The Kier molecular flexibility index (Phi) is 6.00. The van der Waals surface area contributed by atoms with E-state index in [4.69, 9.17) is 21.6 Å². The summed E-state index contributed by atoms with van der Waals surface area (Å²) in [7, 11) is 1.49. The highest BCUT2D eigenvalue weighted by molar-refractivity contribution is 6.31. The van der Waals surface area contributed by atoms with Crippen LogP contribution in [0.15, 0.2) is 24.3 Å². The summed E-state index contributed by atoms with van der Waals surface area (Å²) in [6.45, 7) is 3.59. The van der Waals surface area contributed by atoms with E-state index < -0.39 is 5.54 Å². The number of amides is 1. The maximum atomic E-state index is 12.1. The molecule has 2 atom stereocenters. The van der Waals surface area contributed by atoms with Gasteiger partial charge < -0.3 is 10.1 Å². The fourth-order valence-corrected chi connectivity index (χ4v) is 2.08. The van der Waals surface area contributed by atoms with Crippen LogP contribution in [0.1, 0.15) is 19.4 Å². The van der Waals surface area contributed by atoms with E-state index >= 15 is 0 Å². The Balaban J connectivity index is 2.69. The number of nitrogens with one attached hydrogen (secondary N) is 1. The molecule has 0 radical (unpaired) electrons. The van der Waals surface area contributed by atoms with Crippen LogP contribution in [-0.4, -0.2) is 25.2 Å². The lowest BCUT2D eigenvalue weighted by Crippen LogP contribution is -2.50. The lowest BCUT2D eigenvalue weighted by Gasteiger charge is -2.24. The van der Waals surface area contributed by atoms with Gasteiger partial charge in [-0.1, -0.05) is 36.7 Å². The highest BCUT2D eigenvalue weighted by Crippen LogP contribution is 2.19. The molecule has 1 aromatic carbocycles. The summed E-state index contributed by atoms with van der Waals surface area (Å²) in [4.78, 5) is 12.1. The topological polar surface area (TPSA) is 62.1 Å². The first-order chi connectivity index (χ1) is 9.41. The Morgan fingerprint density at radius 2 is 2.20 bits per heavy atom. The summed E-state index contributed by atoms with van der Waals surface area (Å²) in [5.74, 6) is -0.467. The number of hydrogen-bond donors (Lipinski definition) is 1. The number of carbonyl (C=O) groups excluding carboxylic acids is 1. The molecule has 0 fully saturated rings. The number of halogens is 1. The molecule has 0 bridgehead atoms. The van der Waals surface area contributed by atoms with Crippen molar-refractivity contribution in [3.63, 3.8) is 0 Å². The van der Waals surface area contributed by atoms with Crippen LogP contribution in [0.25, 0.3) is 0 Å². The molecule has 1 N–H and O–H groups in total. The van der Waals surface area contributed by atoms with Crippen LogP contribution in [0.2, 0.25) is 5.02 Å². The van der Waals surface area contributed by atoms with Gasteiger partial charge >= 0.3 is 0 Å². The van der Waals surface area contributed by atoms with E-state index in [9.17, 15) is 4.79 Å². The zero-order chi connectivity index (χ0) is 15.2. The molecule has 108 valence electrons. The average Bonchev–Trinajstić information content (AvgIpc) is 2.41. The van der Waals surface area contributed by atoms with Crippen LogP contribution in [0, 0.1) is 17.2 Å². The van der Waals surface area contributed by atoms with Gasteiger partial charge in [-0.15, -0.1) is 0 Å². The van der Waals surface area contributed by atoms with E-state index in [0.29, 0.717) is 11.4 Å². The number of nitriles is 1. The molecule has 4 nitrogen and oxygen atoms in total. The third kappa shape index (κ3) is 4.52. The molecular weight excluding hydrogens is 276 g/mol. The van der Waals surface area contributed by atoms with E-state index in [0.717, 1.165) is 5.56 Å². The SMILES string of the molecule is COC[C@@](C)(C#N)NC(=O)[C@H](C)Cc1ccccc1Cl. The number of hydrogen-bond acceptors (Lipinski definition) is 3. The average molecular weight is 295 g/mol. The first-order valence-corrected chi connectivity index (χ1v) is 6.75. The van der Waals surface area contributed by atoms with E-state index in [1.165, 1.54) is 7.11 Å². The van der Waals surface area contributed by atoms with E-state index in [1.54, 1.807) is 13.0 Å². The highest BCUT2D eigenvalue weighted by atomic mass is 35.5. The second-order valence-corrected chi connectivity index (χ2v) is 5.47. The fraction of sp³-hybridized carbons (Fsp3) is 0.467. The molecule has 1 aromatic rings. The van der Waals surface area contributed by atoms with Gasteiger partial charge in [-0.25, -0.2) is 0 Å². The van der Waals surface area contributed by atoms with Crippen molar-refractivity contribution in [2.45, 2.75) is 25.8 Å². The van der Waals surface area contributed by atoms with Crippen molar-refractivity contribution in [3.05, 3.63) is 34.9 Å². The zero-order valence-corrected chi connectivity index (χ0v) is 12.7. The van der Waals surface area contributed by atoms with Crippen molar-refractivity contribution in [2.24, 2.45) is 5.92 Å². The summed E-state index contributed by atoms with van der Waals surface area (Å²) in [6.07, 6.45) is 0.528. The van der Waals surface area contributed by atoms with Gasteiger partial charge in [0.2, 0.25) is 5.91 Å². The van der Waals surface area contributed by atoms with E-state index in [-0.39, 0.29) is 18.4 Å². The molecule has 20 heavy (non-hydrogen) atoms. The number of methoxy groups -OCH3 is 1. The van der Waals surface area contributed by atoms with E-state index in [1.807, 2.05) is 25.1 Å². The molecule has 1 rings (SSSR count). The molecule has 0 aliphatic heterocycles. The van der Waals surface area contributed by atoms with Crippen molar-refractivity contribution in [2.75, 3.05) is 13.7 Å². The lowest BCUT2D eigenvalue weighted by atomic mass is 9.98. The monoisotopic (exact) mass is 294 g/mol. The van der Waals surface area contributed by atoms with Gasteiger partial charge in [-0.2, -0.15) is 5.26 Å². The smallest absolute Gasteiger partial charge is 0.224 e. The highest BCUT2D eigenvalue weighted by Gasteiger charge is 2.28. The summed E-state index contributed by atoms with van der Waals surface area (Å²) in [5.41, 5.74) is -0.0946. The van der Waals surface area contributed by atoms with Crippen molar-refractivity contribution in [1.29, 1.82) is 5.26 Å². The Morgan fingerprint density at radius 1 is 1.55 bits per heavy atom. The Morgan fingerprint density at radius 3 is 2.75 bits per heavy atom. The number of rotatable bonds is 6.